The summed E-state index contributed by atoms with van der Waals surface area (Å²) in [6, 6.07) is 2.10. The van der Waals surface area contributed by atoms with Gasteiger partial charge in [-0.2, -0.15) is 0 Å². The van der Waals surface area contributed by atoms with Crippen molar-refractivity contribution in [1.82, 2.24) is 9.80 Å². The summed E-state index contributed by atoms with van der Waals surface area (Å²) in [5, 5.41) is 2.09. The van der Waals surface area contributed by atoms with E-state index in [1.54, 1.807) is 23.3 Å². The maximum Gasteiger partial charge on any atom is 0.228 e. The molecule has 0 unspecified atom stereocenters. The second-order valence-electron chi connectivity index (χ2n) is 5.61. The zero-order valence-corrected chi connectivity index (χ0v) is 13.0. The second-order valence-corrected chi connectivity index (χ2v) is 6.61. The third-order valence-corrected chi connectivity index (χ3v) is 5.27. The predicted molar refractivity (Wildman–Crippen MR) is 80.0 cm³/mol. The van der Waals surface area contributed by atoms with Gasteiger partial charge >= 0.3 is 0 Å². The van der Waals surface area contributed by atoms with Crippen LogP contribution in [0.3, 0.4) is 0 Å². The number of amides is 2. The van der Waals surface area contributed by atoms with Crippen LogP contribution in [0.25, 0.3) is 0 Å². The first kappa shape index (κ1) is 14.5. The molecule has 2 amide bonds. The van der Waals surface area contributed by atoms with Gasteiger partial charge in [0.2, 0.25) is 11.8 Å². The number of hydrogen-bond donors (Lipinski definition) is 0. The van der Waals surface area contributed by atoms with Gasteiger partial charge in [-0.1, -0.05) is 0 Å². The maximum absolute atomic E-state index is 12.6. The molecule has 0 bridgehead atoms. The van der Waals surface area contributed by atoms with E-state index < -0.39 is 0 Å². The standard InChI is InChI=1S/C15H20N2O3S/c1-20-6-5-16-10-12(8-14(16)18)15(19)17-4-2-13-11(9-17)3-7-21-13/h3,7,12H,2,4-6,8-10H2,1H3/t12-/m0/s1. The van der Waals surface area contributed by atoms with Crippen LogP contribution >= 0.6 is 11.3 Å². The minimum Gasteiger partial charge on any atom is -0.383 e. The molecule has 1 atom stereocenters. The molecule has 1 fully saturated rings. The fraction of sp³-hybridized carbons (Fsp3) is 0.600. The highest BCUT2D eigenvalue weighted by Crippen LogP contribution is 2.27. The molecular formula is C15H20N2O3S. The molecule has 6 heteroatoms. The lowest BCUT2D eigenvalue weighted by atomic mass is 10.0. The van der Waals surface area contributed by atoms with E-state index in [-0.39, 0.29) is 17.7 Å². The Morgan fingerprint density at radius 3 is 3.19 bits per heavy atom. The number of methoxy groups -OCH3 is 1. The lowest BCUT2D eigenvalue weighted by molar-refractivity contribution is -0.136. The van der Waals surface area contributed by atoms with Gasteiger partial charge in [0, 0.05) is 44.6 Å². The summed E-state index contributed by atoms with van der Waals surface area (Å²) in [4.78, 5) is 29.6. The van der Waals surface area contributed by atoms with Crippen LogP contribution in [-0.2, 0) is 27.3 Å². The molecule has 5 nitrogen and oxygen atoms in total. The number of thiophene rings is 1. The summed E-state index contributed by atoms with van der Waals surface area (Å²) in [6.07, 6.45) is 1.28. The van der Waals surface area contributed by atoms with Crippen molar-refractivity contribution in [3.63, 3.8) is 0 Å². The van der Waals surface area contributed by atoms with Gasteiger partial charge in [-0.15, -0.1) is 11.3 Å². The number of hydrogen-bond acceptors (Lipinski definition) is 4. The normalized spacial score (nSPS) is 21.8. The molecule has 2 aliphatic rings. The van der Waals surface area contributed by atoms with E-state index in [4.69, 9.17) is 4.74 Å². The molecule has 0 aliphatic carbocycles. The van der Waals surface area contributed by atoms with E-state index in [2.05, 4.69) is 11.4 Å². The zero-order valence-electron chi connectivity index (χ0n) is 12.2. The molecule has 114 valence electrons. The molecule has 0 saturated carbocycles. The van der Waals surface area contributed by atoms with Crippen molar-refractivity contribution in [2.45, 2.75) is 19.4 Å². The zero-order chi connectivity index (χ0) is 14.8. The number of fused-ring (bicyclic) bond motifs is 1. The van der Waals surface area contributed by atoms with Crippen LogP contribution in [0, 0.1) is 5.92 Å². The smallest absolute Gasteiger partial charge is 0.228 e. The van der Waals surface area contributed by atoms with Crippen LogP contribution < -0.4 is 0 Å². The first-order valence-electron chi connectivity index (χ1n) is 7.29. The molecule has 1 saturated heterocycles. The first-order valence-corrected chi connectivity index (χ1v) is 8.17. The Bertz CT molecular complexity index is 543. The van der Waals surface area contributed by atoms with E-state index in [1.165, 1.54) is 10.4 Å². The van der Waals surface area contributed by atoms with Gasteiger partial charge in [-0.3, -0.25) is 9.59 Å². The van der Waals surface area contributed by atoms with E-state index in [0.717, 1.165) is 13.0 Å². The highest BCUT2D eigenvalue weighted by atomic mass is 32.1. The van der Waals surface area contributed by atoms with Crippen LogP contribution in [0.1, 0.15) is 16.9 Å². The van der Waals surface area contributed by atoms with Crippen molar-refractivity contribution < 1.29 is 14.3 Å². The molecule has 1 aromatic rings. The molecule has 2 aliphatic heterocycles. The summed E-state index contributed by atoms with van der Waals surface area (Å²) < 4.78 is 5.01. The number of rotatable bonds is 4. The van der Waals surface area contributed by atoms with Crippen LogP contribution in [0.4, 0.5) is 0 Å². The predicted octanol–water partition coefficient (Wildman–Crippen LogP) is 1.13. The molecule has 21 heavy (non-hydrogen) atoms. The summed E-state index contributed by atoms with van der Waals surface area (Å²) in [5.74, 6) is 0.00768. The van der Waals surface area contributed by atoms with Gasteiger partial charge in [-0.25, -0.2) is 0 Å². The third kappa shape index (κ3) is 2.96. The molecule has 3 rings (SSSR count). The quantitative estimate of drug-likeness (QED) is 0.838. The third-order valence-electron chi connectivity index (χ3n) is 4.25. The van der Waals surface area contributed by atoms with E-state index >= 15 is 0 Å². The van der Waals surface area contributed by atoms with E-state index in [0.29, 0.717) is 32.7 Å². The highest BCUT2D eigenvalue weighted by Gasteiger charge is 2.37. The van der Waals surface area contributed by atoms with E-state index in [1.807, 2.05) is 4.90 Å². The summed E-state index contributed by atoms with van der Waals surface area (Å²) in [6.45, 7) is 3.10. The molecule has 0 spiro atoms. The Morgan fingerprint density at radius 2 is 2.38 bits per heavy atom. The largest absolute Gasteiger partial charge is 0.383 e. The van der Waals surface area contributed by atoms with Crippen molar-refractivity contribution in [3.05, 3.63) is 21.9 Å². The number of carbonyl (C=O) groups excluding carboxylic acids is 2. The van der Waals surface area contributed by atoms with Crippen LogP contribution in [0.2, 0.25) is 0 Å². The lowest BCUT2D eigenvalue weighted by Gasteiger charge is -2.29. The average molecular weight is 308 g/mol. The van der Waals surface area contributed by atoms with Crippen molar-refractivity contribution >= 4 is 23.2 Å². The average Bonchev–Trinajstić information content (AvgIpc) is 3.10. The van der Waals surface area contributed by atoms with Crippen molar-refractivity contribution in [3.8, 4) is 0 Å². The van der Waals surface area contributed by atoms with Crippen LogP contribution in [0.15, 0.2) is 11.4 Å². The number of likely N-dealkylation sites (tertiary alicyclic amines) is 1. The Hall–Kier alpha value is -1.40. The Morgan fingerprint density at radius 1 is 1.52 bits per heavy atom. The second kappa shape index (κ2) is 6.15. The van der Waals surface area contributed by atoms with Gasteiger partial charge in [-0.05, 0) is 23.4 Å². The van der Waals surface area contributed by atoms with E-state index in [9.17, 15) is 9.59 Å². The summed E-state index contributed by atoms with van der Waals surface area (Å²) in [7, 11) is 1.62. The highest BCUT2D eigenvalue weighted by molar-refractivity contribution is 7.10. The van der Waals surface area contributed by atoms with Crippen LogP contribution in [-0.4, -0.2) is 55.0 Å². The van der Waals surface area contributed by atoms with Crippen LogP contribution in [0.5, 0.6) is 0 Å². The number of ether oxygens (including phenoxy) is 1. The fourth-order valence-corrected chi connectivity index (χ4v) is 3.94. The molecule has 3 heterocycles. The van der Waals surface area contributed by atoms with Crippen molar-refractivity contribution in [1.29, 1.82) is 0 Å². The minimum atomic E-state index is -0.186. The Kier molecular flexibility index (Phi) is 4.26. The molecular weight excluding hydrogens is 288 g/mol. The minimum absolute atomic E-state index is 0.0682. The fourth-order valence-electron chi connectivity index (χ4n) is 3.05. The molecule has 0 radical (unpaired) electrons. The molecule has 0 N–H and O–H groups in total. The summed E-state index contributed by atoms with van der Waals surface area (Å²) in [5.41, 5.74) is 1.26. The maximum atomic E-state index is 12.6. The molecule has 1 aromatic heterocycles. The monoisotopic (exact) mass is 308 g/mol. The van der Waals surface area contributed by atoms with Gasteiger partial charge < -0.3 is 14.5 Å². The van der Waals surface area contributed by atoms with Gasteiger partial charge in [0.25, 0.3) is 0 Å². The topological polar surface area (TPSA) is 49.9 Å². The van der Waals surface area contributed by atoms with Crippen molar-refractivity contribution in [2.75, 3.05) is 33.4 Å². The van der Waals surface area contributed by atoms with Gasteiger partial charge in [0.1, 0.15) is 0 Å². The Balaban J connectivity index is 1.60. The SMILES string of the molecule is COCCN1C[C@@H](C(=O)N2CCc3sccc3C2)CC1=O. The van der Waals surface area contributed by atoms with Gasteiger partial charge in [0.15, 0.2) is 0 Å². The summed E-state index contributed by atoms with van der Waals surface area (Å²) >= 11 is 1.77. The number of carbonyl (C=O) groups is 2. The lowest BCUT2D eigenvalue weighted by Crippen LogP contribution is -2.40. The molecule has 0 aromatic carbocycles. The first-order chi connectivity index (χ1) is 10.2. The Labute approximate surface area is 128 Å². The van der Waals surface area contributed by atoms with Gasteiger partial charge in [0.05, 0.1) is 12.5 Å². The van der Waals surface area contributed by atoms with Crippen molar-refractivity contribution in [2.24, 2.45) is 5.92 Å². The number of nitrogens with zero attached hydrogens (tertiary/aromatic N) is 2.